The van der Waals surface area contributed by atoms with Crippen molar-refractivity contribution in [3.63, 3.8) is 0 Å². The third-order valence-corrected chi connectivity index (χ3v) is 17.0. The summed E-state index contributed by atoms with van der Waals surface area (Å²) in [5, 5.41) is 0.613. The minimum atomic E-state index is -1.74. The Balaban J connectivity index is 1.94. The van der Waals surface area contributed by atoms with Crippen LogP contribution in [0.5, 0.6) is 0 Å². The first-order chi connectivity index (χ1) is 20.0. The highest BCUT2D eigenvalue weighted by molar-refractivity contribution is 8.76. The van der Waals surface area contributed by atoms with E-state index in [4.69, 9.17) is 19.6 Å². The largest absolute Gasteiger partial charge is 0.416 e. The summed E-state index contributed by atoms with van der Waals surface area (Å²) in [5.41, 5.74) is -1.36. The maximum Gasteiger partial charge on any atom is 0.330 e. The Labute approximate surface area is 263 Å². The SMILES string of the molecule is [2H]CC1OC(n2ccc(=O)[nH]c2=O)C(F)C1OP(OCCCCSSC(C)CO[Si](C)(C)C(C)(C)C)N(C(C)C)C(C)C. The molecule has 9 nitrogen and oxygen atoms in total. The molecule has 0 saturated carbocycles. The second kappa shape index (κ2) is 16.9. The lowest BCUT2D eigenvalue weighted by atomic mass is 10.2. The van der Waals surface area contributed by atoms with Gasteiger partial charge in [0.2, 0.25) is 0 Å². The molecule has 0 amide bonds. The standard InChI is InChI=1S/C28H53FN3O6PS2Si/c1-19(2)32(20(3)4)39(35-16-12-13-17-40-41-21(5)18-36-42(10,11)28(7,8)9)38-25-22(6)37-26(24(25)29)31-15-14-23(33)30-27(31)34/h14-15,19-22,24-26H,12-13,16-18H2,1-11H3,(H,30,33,34)/i6D. The summed E-state index contributed by atoms with van der Waals surface area (Å²) >= 11 is 0. The molecule has 6 unspecified atom stereocenters. The molecule has 42 heavy (non-hydrogen) atoms. The lowest BCUT2D eigenvalue weighted by Crippen LogP contribution is -2.42. The zero-order chi connectivity index (χ0) is 32.5. The zero-order valence-corrected chi connectivity index (χ0v) is 30.5. The summed E-state index contributed by atoms with van der Waals surface area (Å²) in [6.07, 6.45) is -2.05. The van der Waals surface area contributed by atoms with Gasteiger partial charge in [0.15, 0.2) is 20.7 Å². The van der Waals surface area contributed by atoms with Crippen LogP contribution in [-0.2, 0) is 18.2 Å². The Bertz CT molecular complexity index is 1090. The smallest absolute Gasteiger partial charge is 0.330 e. The predicted octanol–water partition coefficient (Wildman–Crippen LogP) is 7.11. The van der Waals surface area contributed by atoms with Crippen molar-refractivity contribution in [3.05, 3.63) is 33.1 Å². The Morgan fingerprint density at radius 1 is 1.21 bits per heavy atom. The number of nitrogens with zero attached hydrogens (tertiary/aromatic N) is 2. The number of nitrogens with one attached hydrogen (secondary N) is 1. The first-order valence-corrected chi connectivity index (χ1v) is 21.1. The van der Waals surface area contributed by atoms with Crippen LogP contribution in [0, 0.1) is 0 Å². The summed E-state index contributed by atoms with van der Waals surface area (Å²) < 4.78 is 51.5. The molecule has 1 saturated heterocycles. The fraction of sp³-hybridized carbons (Fsp3) is 0.857. The summed E-state index contributed by atoms with van der Waals surface area (Å²) in [6, 6.07) is 1.28. The van der Waals surface area contributed by atoms with E-state index in [9.17, 15) is 9.59 Å². The number of rotatable bonds is 17. The van der Waals surface area contributed by atoms with Crippen molar-refractivity contribution >= 4 is 38.4 Å². The molecule has 0 radical (unpaired) electrons. The van der Waals surface area contributed by atoms with E-state index in [1.165, 1.54) is 6.20 Å². The zero-order valence-electron chi connectivity index (χ0n) is 27.9. The number of hydrogen-bond acceptors (Lipinski definition) is 9. The molecule has 1 aromatic rings. The van der Waals surface area contributed by atoms with Crippen molar-refractivity contribution in [3.8, 4) is 0 Å². The topological polar surface area (TPSA) is 95.0 Å². The van der Waals surface area contributed by atoms with E-state index in [0.29, 0.717) is 11.9 Å². The number of H-pyrrole nitrogens is 1. The van der Waals surface area contributed by atoms with Crippen LogP contribution >= 0.6 is 30.1 Å². The number of ether oxygens (including phenoxy) is 1. The van der Waals surface area contributed by atoms with E-state index in [0.717, 1.165) is 35.8 Å². The lowest BCUT2D eigenvalue weighted by Gasteiger charge is -2.37. The van der Waals surface area contributed by atoms with Gasteiger partial charge in [0.05, 0.1) is 12.7 Å². The number of hydrogen-bond donors (Lipinski definition) is 1. The minimum absolute atomic E-state index is 0.0699. The number of unbranched alkanes of at least 4 members (excludes halogenated alkanes) is 1. The van der Waals surface area contributed by atoms with Crippen LogP contribution in [0.15, 0.2) is 21.9 Å². The van der Waals surface area contributed by atoms with Crippen molar-refractivity contribution in [2.45, 2.75) is 135 Å². The van der Waals surface area contributed by atoms with Gasteiger partial charge in [-0.25, -0.2) is 13.9 Å². The number of aromatic nitrogens is 2. The molecule has 0 aliphatic carbocycles. The summed E-state index contributed by atoms with van der Waals surface area (Å²) in [5.74, 6) is 0.981. The van der Waals surface area contributed by atoms with Gasteiger partial charge in [-0.15, -0.1) is 0 Å². The number of halogens is 1. The Morgan fingerprint density at radius 3 is 2.45 bits per heavy atom. The maximum atomic E-state index is 15.8. The van der Waals surface area contributed by atoms with Gasteiger partial charge >= 0.3 is 5.69 Å². The fourth-order valence-electron chi connectivity index (χ4n) is 4.04. The Hall–Kier alpha value is -0.243. The van der Waals surface area contributed by atoms with Crippen LogP contribution in [0.25, 0.3) is 0 Å². The molecule has 0 aromatic carbocycles. The Morgan fingerprint density at radius 2 is 1.88 bits per heavy atom. The molecule has 0 spiro atoms. The Kier molecular flexibility index (Phi) is 14.6. The molecule has 244 valence electrons. The minimum Gasteiger partial charge on any atom is -0.416 e. The molecule has 1 aliphatic heterocycles. The molecular formula is C28H53FN3O6PS2Si. The van der Waals surface area contributed by atoms with E-state index in [-0.39, 0.29) is 24.0 Å². The molecule has 2 rings (SSSR count). The molecule has 6 atom stereocenters. The van der Waals surface area contributed by atoms with Gasteiger partial charge in [-0.2, -0.15) is 0 Å². The highest BCUT2D eigenvalue weighted by atomic mass is 33.1. The fourth-order valence-corrected chi connectivity index (χ4v) is 9.34. The number of aromatic amines is 1. The predicted molar refractivity (Wildman–Crippen MR) is 178 cm³/mol. The quantitative estimate of drug-likeness (QED) is 0.0805. The number of alkyl halides is 1. The van der Waals surface area contributed by atoms with Crippen LogP contribution in [0.4, 0.5) is 4.39 Å². The molecule has 1 fully saturated rings. The average molecular weight is 671 g/mol. The highest BCUT2D eigenvalue weighted by Gasteiger charge is 2.48. The van der Waals surface area contributed by atoms with E-state index in [1.807, 2.05) is 49.3 Å². The van der Waals surface area contributed by atoms with Gasteiger partial charge in [-0.3, -0.25) is 14.3 Å². The van der Waals surface area contributed by atoms with Crippen molar-refractivity contribution in [2.24, 2.45) is 0 Å². The maximum absolute atomic E-state index is 15.8. The molecule has 1 aromatic heterocycles. The lowest BCUT2D eigenvalue weighted by molar-refractivity contribution is -0.0180. The molecule has 0 bridgehead atoms. The van der Waals surface area contributed by atoms with Crippen molar-refractivity contribution in [2.75, 3.05) is 19.0 Å². The van der Waals surface area contributed by atoms with Crippen molar-refractivity contribution < 1.29 is 24.0 Å². The van der Waals surface area contributed by atoms with E-state index >= 15 is 4.39 Å². The van der Waals surface area contributed by atoms with E-state index in [1.54, 1.807) is 0 Å². The van der Waals surface area contributed by atoms with Gasteiger partial charge in [0.1, 0.15) is 6.10 Å². The normalized spacial score (nSPS) is 23.6. The highest BCUT2D eigenvalue weighted by Crippen LogP contribution is 2.50. The van der Waals surface area contributed by atoms with Crippen LogP contribution in [0.2, 0.25) is 18.1 Å². The average Bonchev–Trinajstić information content (AvgIpc) is 3.20. The summed E-state index contributed by atoms with van der Waals surface area (Å²) in [4.78, 5) is 25.9. The van der Waals surface area contributed by atoms with Crippen LogP contribution in [0.3, 0.4) is 0 Å². The summed E-state index contributed by atoms with van der Waals surface area (Å²) in [6.45, 7) is 22.6. The molecular weight excluding hydrogens is 617 g/mol. The van der Waals surface area contributed by atoms with Crippen molar-refractivity contribution in [1.29, 1.82) is 0 Å². The second-order valence-corrected chi connectivity index (χ2v) is 21.9. The third kappa shape index (κ3) is 11.0. The van der Waals surface area contributed by atoms with Gasteiger partial charge in [-0.05, 0) is 65.6 Å². The van der Waals surface area contributed by atoms with Crippen LogP contribution in [0.1, 0.15) is 82.7 Å². The first-order valence-electron chi connectivity index (χ1n) is 15.4. The summed E-state index contributed by atoms with van der Waals surface area (Å²) in [7, 11) is 0.286. The molecule has 14 heteroatoms. The monoisotopic (exact) mass is 670 g/mol. The second-order valence-electron chi connectivity index (χ2n) is 12.7. The van der Waals surface area contributed by atoms with Crippen molar-refractivity contribution in [1.82, 2.24) is 14.2 Å². The third-order valence-electron chi connectivity index (χ3n) is 7.39. The van der Waals surface area contributed by atoms with Crippen LogP contribution < -0.4 is 11.2 Å². The van der Waals surface area contributed by atoms with Gasteiger partial charge in [-0.1, -0.05) is 49.3 Å². The molecule has 2 heterocycles. The van der Waals surface area contributed by atoms with E-state index in [2.05, 4.69) is 50.4 Å². The van der Waals surface area contributed by atoms with Gasteiger partial charge in [0.25, 0.3) is 14.1 Å². The molecule has 1 aliphatic rings. The van der Waals surface area contributed by atoms with Gasteiger partial charge in [0, 0.05) is 43.3 Å². The molecule has 1 N–H and O–H groups in total. The van der Waals surface area contributed by atoms with Gasteiger partial charge < -0.3 is 18.2 Å². The van der Waals surface area contributed by atoms with Crippen LogP contribution in [-0.4, -0.2) is 77.2 Å². The van der Waals surface area contributed by atoms with E-state index < -0.39 is 52.7 Å². The first kappa shape index (κ1) is 36.2.